The molecule has 0 spiro atoms. The van der Waals surface area contributed by atoms with E-state index in [1.54, 1.807) is 24.3 Å². The Balaban J connectivity index is 1.86. The lowest BCUT2D eigenvalue weighted by Gasteiger charge is -2.17. The van der Waals surface area contributed by atoms with Gasteiger partial charge in [-0.1, -0.05) is 0 Å². The summed E-state index contributed by atoms with van der Waals surface area (Å²) in [4.78, 5) is 16.3. The van der Waals surface area contributed by atoms with Crippen molar-refractivity contribution in [3.05, 3.63) is 45.7 Å². The fraction of sp³-hybridized carbons (Fsp3) is 0.375. The lowest BCUT2D eigenvalue weighted by molar-refractivity contribution is 0.237. The molecule has 0 bridgehead atoms. The summed E-state index contributed by atoms with van der Waals surface area (Å²) in [6, 6.07) is 3.55. The highest BCUT2D eigenvalue weighted by Gasteiger charge is 2.14. The second-order valence-corrected chi connectivity index (χ2v) is 6.18. The molecule has 2 N–H and O–H groups in total. The molecule has 1 aromatic carbocycles. The number of thiazole rings is 1. The SMILES string of the molecule is COc1ccc(F)cc1[C@@H](C)NC(=O)NCCc1csc(C)n1. The van der Waals surface area contributed by atoms with Crippen molar-refractivity contribution < 1.29 is 13.9 Å². The molecule has 0 fully saturated rings. The zero-order chi connectivity index (χ0) is 16.8. The summed E-state index contributed by atoms with van der Waals surface area (Å²) in [6.07, 6.45) is 0.676. The van der Waals surface area contributed by atoms with E-state index in [1.165, 1.54) is 19.2 Å². The van der Waals surface area contributed by atoms with Gasteiger partial charge in [-0.05, 0) is 32.0 Å². The van der Waals surface area contributed by atoms with E-state index < -0.39 is 0 Å². The smallest absolute Gasteiger partial charge is 0.315 e. The Morgan fingerprint density at radius 3 is 2.91 bits per heavy atom. The number of nitrogens with one attached hydrogen (secondary N) is 2. The molecule has 23 heavy (non-hydrogen) atoms. The van der Waals surface area contributed by atoms with Gasteiger partial charge in [-0.15, -0.1) is 11.3 Å². The van der Waals surface area contributed by atoms with Gasteiger partial charge in [0.25, 0.3) is 0 Å². The quantitative estimate of drug-likeness (QED) is 0.851. The highest BCUT2D eigenvalue weighted by atomic mass is 32.1. The normalized spacial score (nSPS) is 11.8. The van der Waals surface area contributed by atoms with Crippen molar-refractivity contribution in [3.63, 3.8) is 0 Å². The van der Waals surface area contributed by atoms with E-state index >= 15 is 0 Å². The van der Waals surface area contributed by atoms with Crippen molar-refractivity contribution in [1.29, 1.82) is 0 Å². The van der Waals surface area contributed by atoms with Crippen LogP contribution < -0.4 is 15.4 Å². The number of hydrogen-bond acceptors (Lipinski definition) is 4. The van der Waals surface area contributed by atoms with E-state index in [0.717, 1.165) is 10.7 Å². The Morgan fingerprint density at radius 1 is 1.48 bits per heavy atom. The fourth-order valence-corrected chi connectivity index (χ4v) is 2.84. The standard InChI is InChI=1S/C16H20FN3O2S/c1-10(14-8-12(17)4-5-15(14)22-3)19-16(21)18-7-6-13-9-23-11(2)20-13/h4-5,8-10H,6-7H2,1-3H3,(H2,18,19,21)/t10-/m1/s1. The monoisotopic (exact) mass is 337 g/mol. The highest BCUT2D eigenvalue weighted by molar-refractivity contribution is 7.09. The van der Waals surface area contributed by atoms with Gasteiger partial charge in [0.05, 0.1) is 23.9 Å². The van der Waals surface area contributed by atoms with Crippen molar-refractivity contribution in [3.8, 4) is 5.75 Å². The molecule has 0 saturated heterocycles. The number of benzene rings is 1. The molecule has 124 valence electrons. The lowest BCUT2D eigenvalue weighted by atomic mass is 10.1. The van der Waals surface area contributed by atoms with Crippen LogP contribution in [0.1, 0.15) is 29.2 Å². The third kappa shape index (κ3) is 4.92. The molecule has 5 nitrogen and oxygen atoms in total. The first kappa shape index (κ1) is 17.2. The second-order valence-electron chi connectivity index (χ2n) is 5.12. The van der Waals surface area contributed by atoms with Crippen molar-refractivity contribution in [1.82, 2.24) is 15.6 Å². The molecule has 1 atom stereocenters. The van der Waals surface area contributed by atoms with Crippen LogP contribution in [0.25, 0.3) is 0 Å². The molecule has 0 aliphatic carbocycles. The van der Waals surface area contributed by atoms with Crippen molar-refractivity contribution >= 4 is 17.4 Å². The summed E-state index contributed by atoms with van der Waals surface area (Å²) < 4.78 is 18.6. The van der Waals surface area contributed by atoms with Crippen molar-refractivity contribution in [2.45, 2.75) is 26.3 Å². The van der Waals surface area contributed by atoms with Crippen LogP contribution in [0.4, 0.5) is 9.18 Å². The van der Waals surface area contributed by atoms with Gasteiger partial charge < -0.3 is 15.4 Å². The van der Waals surface area contributed by atoms with Gasteiger partial charge in [0, 0.05) is 23.9 Å². The third-order valence-corrected chi connectivity index (χ3v) is 4.16. The summed E-state index contributed by atoms with van der Waals surface area (Å²) >= 11 is 1.59. The first-order valence-electron chi connectivity index (χ1n) is 7.28. The average molecular weight is 337 g/mol. The molecule has 0 radical (unpaired) electrons. The van der Waals surface area contributed by atoms with E-state index in [2.05, 4.69) is 15.6 Å². The van der Waals surface area contributed by atoms with Crippen molar-refractivity contribution in [2.75, 3.05) is 13.7 Å². The van der Waals surface area contributed by atoms with Crippen LogP contribution in [0, 0.1) is 12.7 Å². The summed E-state index contributed by atoms with van der Waals surface area (Å²) in [6.45, 7) is 4.21. The fourth-order valence-electron chi connectivity index (χ4n) is 2.20. The van der Waals surface area contributed by atoms with Crippen LogP contribution in [0.15, 0.2) is 23.6 Å². The first-order chi connectivity index (χ1) is 11.0. The minimum Gasteiger partial charge on any atom is -0.496 e. The van der Waals surface area contributed by atoms with Crippen LogP contribution in [-0.2, 0) is 6.42 Å². The Bertz CT molecular complexity index is 675. The van der Waals surface area contributed by atoms with Crippen LogP contribution in [-0.4, -0.2) is 24.7 Å². The molecule has 0 unspecified atom stereocenters. The number of ether oxygens (including phenoxy) is 1. The molecular formula is C16H20FN3O2S. The number of halogens is 1. The van der Waals surface area contributed by atoms with Crippen LogP contribution in [0.5, 0.6) is 5.75 Å². The number of amides is 2. The van der Waals surface area contributed by atoms with Crippen molar-refractivity contribution in [2.24, 2.45) is 0 Å². The number of aromatic nitrogens is 1. The summed E-state index contributed by atoms with van der Waals surface area (Å²) in [5.74, 6) is 0.172. The van der Waals surface area contributed by atoms with Gasteiger partial charge in [-0.3, -0.25) is 0 Å². The molecule has 7 heteroatoms. The van der Waals surface area contributed by atoms with Crippen LogP contribution in [0.2, 0.25) is 0 Å². The van der Waals surface area contributed by atoms with Gasteiger partial charge >= 0.3 is 6.03 Å². The van der Waals surface area contributed by atoms with Gasteiger partial charge in [-0.2, -0.15) is 0 Å². The molecule has 2 rings (SSSR count). The van der Waals surface area contributed by atoms with E-state index in [9.17, 15) is 9.18 Å². The number of carbonyl (C=O) groups is 1. The summed E-state index contributed by atoms with van der Waals surface area (Å²) in [5.41, 5.74) is 1.56. The maximum Gasteiger partial charge on any atom is 0.315 e. The number of hydrogen-bond donors (Lipinski definition) is 2. The third-order valence-electron chi connectivity index (χ3n) is 3.34. The minimum absolute atomic E-state index is 0.309. The number of urea groups is 1. The zero-order valence-corrected chi connectivity index (χ0v) is 14.2. The molecule has 0 aliphatic heterocycles. The molecule has 1 aromatic heterocycles. The Hall–Kier alpha value is -2.15. The average Bonchev–Trinajstić information content (AvgIpc) is 2.92. The largest absolute Gasteiger partial charge is 0.496 e. The van der Waals surface area contributed by atoms with E-state index in [4.69, 9.17) is 4.74 Å². The molecule has 0 saturated carbocycles. The van der Waals surface area contributed by atoms with Gasteiger partial charge in [-0.25, -0.2) is 14.2 Å². The Morgan fingerprint density at radius 2 is 2.26 bits per heavy atom. The summed E-state index contributed by atoms with van der Waals surface area (Å²) in [5, 5.41) is 8.54. The Labute approximate surface area is 138 Å². The van der Waals surface area contributed by atoms with Gasteiger partial charge in [0.2, 0.25) is 0 Å². The van der Waals surface area contributed by atoms with Crippen LogP contribution >= 0.6 is 11.3 Å². The molecule has 0 aliphatic rings. The van der Waals surface area contributed by atoms with Gasteiger partial charge in [0.15, 0.2) is 0 Å². The first-order valence-corrected chi connectivity index (χ1v) is 8.16. The molecule has 1 heterocycles. The van der Waals surface area contributed by atoms with Crippen LogP contribution in [0.3, 0.4) is 0 Å². The summed E-state index contributed by atoms with van der Waals surface area (Å²) in [7, 11) is 1.51. The van der Waals surface area contributed by atoms with E-state index in [-0.39, 0.29) is 17.9 Å². The topological polar surface area (TPSA) is 63.2 Å². The second kappa shape index (κ2) is 7.92. The predicted molar refractivity (Wildman–Crippen MR) is 88.5 cm³/mol. The number of aryl methyl sites for hydroxylation is 1. The number of carbonyl (C=O) groups excluding carboxylic acids is 1. The van der Waals surface area contributed by atoms with E-state index in [1.807, 2.05) is 12.3 Å². The number of nitrogens with zero attached hydrogens (tertiary/aromatic N) is 1. The molecule has 2 aromatic rings. The maximum absolute atomic E-state index is 13.4. The number of rotatable bonds is 6. The predicted octanol–water partition coefficient (Wildman–Crippen LogP) is 3.20. The molecular weight excluding hydrogens is 317 g/mol. The highest BCUT2D eigenvalue weighted by Crippen LogP contribution is 2.25. The maximum atomic E-state index is 13.4. The van der Waals surface area contributed by atoms with E-state index in [0.29, 0.717) is 24.3 Å². The number of methoxy groups -OCH3 is 1. The molecule has 2 amide bonds. The Kier molecular flexibility index (Phi) is 5.92. The zero-order valence-electron chi connectivity index (χ0n) is 13.4. The minimum atomic E-state index is -0.373. The lowest BCUT2D eigenvalue weighted by Crippen LogP contribution is -2.38. The van der Waals surface area contributed by atoms with Gasteiger partial charge in [0.1, 0.15) is 11.6 Å².